The van der Waals surface area contributed by atoms with Crippen LogP contribution in [0.25, 0.3) is 0 Å². The summed E-state index contributed by atoms with van der Waals surface area (Å²) < 4.78 is 10.9. The fourth-order valence-corrected chi connectivity index (χ4v) is 3.03. The molecule has 0 aromatic carbocycles. The number of furan rings is 1. The molecule has 0 bridgehead atoms. The molecule has 0 saturated heterocycles. The Bertz CT molecular complexity index is 851. The molecule has 0 aliphatic carbocycles. The number of amides is 1. The van der Waals surface area contributed by atoms with Crippen LogP contribution in [0.3, 0.4) is 0 Å². The molecule has 1 amide bonds. The zero-order valence-electron chi connectivity index (χ0n) is 15.2. The molecule has 26 heavy (non-hydrogen) atoms. The Morgan fingerprint density at radius 1 is 1.38 bits per heavy atom. The summed E-state index contributed by atoms with van der Waals surface area (Å²) in [6.07, 6.45) is 2.12. The summed E-state index contributed by atoms with van der Waals surface area (Å²) >= 11 is 0. The van der Waals surface area contributed by atoms with Gasteiger partial charge in [-0.25, -0.2) is 4.98 Å². The molecule has 3 rings (SSSR count). The molecule has 0 atom stereocenters. The monoisotopic (exact) mass is 354 g/mol. The van der Waals surface area contributed by atoms with E-state index in [-0.39, 0.29) is 17.3 Å². The first-order valence-electron chi connectivity index (χ1n) is 8.53. The van der Waals surface area contributed by atoms with Crippen LogP contribution in [0.4, 0.5) is 5.82 Å². The molecule has 0 unspecified atom stereocenters. The molecule has 2 aromatic rings. The molecule has 136 valence electrons. The number of carbonyl (C=O) groups excluding carboxylic acids is 1. The summed E-state index contributed by atoms with van der Waals surface area (Å²) in [6, 6.07) is 5.55. The Labute approximate surface area is 152 Å². The molecule has 2 aromatic heterocycles. The predicted molar refractivity (Wildman–Crippen MR) is 95.8 cm³/mol. The largest absolute Gasteiger partial charge is 0.459 e. The second kappa shape index (κ2) is 7.18. The lowest BCUT2D eigenvalue weighted by Crippen LogP contribution is -2.33. The van der Waals surface area contributed by atoms with Crippen LogP contribution in [0.15, 0.2) is 22.8 Å². The summed E-state index contributed by atoms with van der Waals surface area (Å²) in [7, 11) is 0. The van der Waals surface area contributed by atoms with Gasteiger partial charge in [-0.05, 0) is 38.5 Å². The van der Waals surface area contributed by atoms with Crippen molar-refractivity contribution in [1.82, 2.24) is 10.3 Å². The van der Waals surface area contributed by atoms with Gasteiger partial charge in [0.1, 0.15) is 11.9 Å². The van der Waals surface area contributed by atoms with Crippen LogP contribution < -0.4 is 10.6 Å². The van der Waals surface area contributed by atoms with Crippen molar-refractivity contribution in [2.45, 2.75) is 39.4 Å². The third-order valence-electron chi connectivity index (χ3n) is 4.39. The van der Waals surface area contributed by atoms with Gasteiger partial charge in [-0.15, -0.1) is 0 Å². The first kappa shape index (κ1) is 18.0. The lowest BCUT2D eigenvalue weighted by molar-refractivity contribution is -0.0405. The van der Waals surface area contributed by atoms with Crippen LogP contribution in [0.5, 0.6) is 0 Å². The van der Waals surface area contributed by atoms with Crippen molar-refractivity contribution in [3.05, 3.63) is 46.5 Å². The van der Waals surface area contributed by atoms with Crippen molar-refractivity contribution in [1.29, 1.82) is 5.26 Å². The average Bonchev–Trinajstić information content (AvgIpc) is 3.12. The van der Waals surface area contributed by atoms with Gasteiger partial charge in [0, 0.05) is 30.8 Å². The summed E-state index contributed by atoms with van der Waals surface area (Å²) in [6.45, 7) is 7.26. The van der Waals surface area contributed by atoms with Gasteiger partial charge >= 0.3 is 0 Å². The number of aromatic nitrogens is 1. The van der Waals surface area contributed by atoms with Gasteiger partial charge < -0.3 is 19.8 Å². The first-order valence-corrected chi connectivity index (χ1v) is 8.53. The molecule has 0 saturated carbocycles. The number of hydrogen-bond acceptors (Lipinski definition) is 6. The van der Waals surface area contributed by atoms with E-state index < -0.39 is 0 Å². The van der Waals surface area contributed by atoms with Crippen molar-refractivity contribution in [2.24, 2.45) is 0 Å². The van der Waals surface area contributed by atoms with Crippen LogP contribution in [-0.4, -0.2) is 29.6 Å². The number of nitrogens with zero attached hydrogens (tertiary/aromatic N) is 2. The second-order valence-electron chi connectivity index (χ2n) is 6.87. The van der Waals surface area contributed by atoms with Gasteiger partial charge in [0.15, 0.2) is 5.76 Å². The van der Waals surface area contributed by atoms with E-state index in [1.165, 1.54) is 6.26 Å². The minimum absolute atomic E-state index is 0.271. The van der Waals surface area contributed by atoms with E-state index in [9.17, 15) is 10.1 Å². The van der Waals surface area contributed by atoms with Crippen molar-refractivity contribution >= 4 is 11.7 Å². The predicted octanol–water partition coefficient (Wildman–Crippen LogP) is 2.55. The van der Waals surface area contributed by atoms with E-state index in [1.807, 2.05) is 20.8 Å². The Kier molecular flexibility index (Phi) is 4.96. The van der Waals surface area contributed by atoms with E-state index >= 15 is 0 Å². The highest BCUT2D eigenvalue weighted by atomic mass is 16.5. The number of carbonyl (C=O) groups is 1. The van der Waals surface area contributed by atoms with E-state index in [1.54, 1.807) is 12.1 Å². The van der Waals surface area contributed by atoms with Gasteiger partial charge in [0.2, 0.25) is 0 Å². The zero-order chi connectivity index (χ0) is 18.7. The smallest absolute Gasteiger partial charge is 0.287 e. The van der Waals surface area contributed by atoms with Crippen LogP contribution in [0, 0.1) is 18.3 Å². The highest BCUT2D eigenvalue weighted by molar-refractivity contribution is 5.91. The summed E-state index contributed by atoms with van der Waals surface area (Å²) in [5, 5.41) is 15.6. The van der Waals surface area contributed by atoms with E-state index in [0.717, 1.165) is 16.8 Å². The number of nitriles is 1. The normalized spacial score (nSPS) is 15.0. The Morgan fingerprint density at radius 2 is 2.19 bits per heavy atom. The highest BCUT2D eigenvalue weighted by Crippen LogP contribution is 2.33. The average molecular weight is 354 g/mol. The minimum atomic E-state index is -0.305. The maximum atomic E-state index is 11.8. The highest BCUT2D eigenvalue weighted by Gasteiger charge is 2.30. The summed E-state index contributed by atoms with van der Waals surface area (Å²) in [5.74, 6) is 0.548. The van der Waals surface area contributed by atoms with Gasteiger partial charge in [0.25, 0.3) is 5.91 Å². The molecule has 3 heterocycles. The Balaban J connectivity index is 1.69. The van der Waals surface area contributed by atoms with Gasteiger partial charge in [-0.3, -0.25) is 4.79 Å². The number of aryl methyl sites for hydroxylation is 1. The van der Waals surface area contributed by atoms with Crippen molar-refractivity contribution in [3.8, 4) is 6.07 Å². The standard InChI is InChI=1S/C19H22N4O3/c1-12-15-11-26-19(2,3)9-13(15)14(10-20)17(23-12)21-6-7-22-18(24)16-5-4-8-25-16/h4-5,8H,6-7,9,11H2,1-3H3,(H,21,23)(H,22,24). The van der Waals surface area contributed by atoms with Crippen LogP contribution in [0.1, 0.15) is 46.8 Å². The summed E-state index contributed by atoms with van der Waals surface area (Å²) in [5.41, 5.74) is 3.10. The molecule has 7 nitrogen and oxygen atoms in total. The maximum absolute atomic E-state index is 11.8. The van der Waals surface area contributed by atoms with Gasteiger partial charge in [-0.2, -0.15) is 5.26 Å². The quantitative estimate of drug-likeness (QED) is 0.801. The van der Waals surface area contributed by atoms with Crippen molar-refractivity contribution < 1.29 is 13.9 Å². The van der Waals surface area contributed by atoms with Crippen molar-refractivity contribution in [3.63, 3.8) is 0 Å². The number of hydrogen-bond donors (Lipinski definition) is 2. The lowest BCUT2D eigenvalue weighted by atomic mass is 9.88. The molecule has 0 spiro atoms. The molecule has 2 N–H and O–H groups in total. The number of rotatable bonds is 5. The fraction of sp³-hybridized carbons (Fsp3) is 0.421. The molecule has 1 aliphatic heterocycles. The maximum Gasteiger partial charge on any atom is 0.287 e. The number of nitrogens with one attached hydrogen (secondary N) is 2. The van der Waals surface area contributed by atoms with E-state index in [2.05, 4.69) is 21.7 Å². The molecule has 1 aliphatic rings. The van der Waals surface area contributed by atoms with Gasteiger partial charge in [-0.1, -0.05) is 0 Å². The molecule has 7 heteroatoms. The number of ether oxygens (including phenoxy) is 1. The lowest BCUT2D eigenvalue weighted by Gasteiger charge is -2.33. The third-order valence-corrected chi connectivity index (χ3v) is 4.39. The van der Waals surface area contributed by atoms with Gasteiger partial charge in [0.05, 0.1) is 24.0 Å². The minimum Gasteiger partial charge on any atom is -0.459 e. The molecule has 0 radical (unpaired) electrons. The topological polar surface area (TPSA) is 100 Å². The fourth-order valence-electron chi connectivity index (χ4n) is 3.03. The van der Waals surface area contributed by atoms with Crippen LogP contribution in [0.2, 0.25) is 0 Å². The molecular formula is C19H22N4O3. The number of anilines is 1. The van der Waals surface area contributed by atoms with E-state index in [4.69, 9.17) is 9.15 Å². The second-order valence-corrected chi connectivity index (χ2v) is 6.87. The summed E-state index contributed by atoms with van der Waals surface area (Å²) in [4.78, 5) is 16.4. The third kappa shape index (κ3) is 3.70. The Morgan fingerprint density at radius 3 is 2.88 bits per heavy atom. The number of fused-ring (bicyclic) bond motifs is 1. The zero-order valence-corrected chi connectivity index (χ0v) is 15.2. The molecular weight excluding hydrogens is 332 g/mol. The molecule has 0 fully saturated rings. The van der Waals surface area contributed by atoms with Crippen molar-refractivity contribution in [2.75, 3.05) is 18.4 Å². The first-order chi connectivity index (χ1) is 12.4. The Hall–Kier alpha value is -2.85. The SMILES string of the molecule is Cc1nc(NCCNC(=O)c2ccco2)c(C#N)c2c1COC(C)(C)C2. The number of pyridine rings is 1. The van der Waals surface area contributed by atoms with E-state index in [0.29, 0.717) is 37.5 Å². The van der Waals surface area contributed by atoms with Crippen LogP contribution >= 0.6 is 0 Å². The van der Waals surface area contributed by atoms with Crippen LogP contribution in [-0.2, 0) is 17.8 Å².